The Hall–Kier alpha value is -3.09. The summed E-state index contributed by atoms with van der Waals surface area (Å²) in [5, 5.41) is 7.39. The van der Waals surface area contributed by atoms with E-state index in [9.17, 15) is 0 Å². The van der Waals surface area contributed by atoms with Crippen molar-refractivity contribution in [2.24, 2.45) is 0 Å². The van der Waals surface area contributed by atoms with Gasteiger partial charge in [0.15, 0.2) is 5.11 Å². The van der Waals surface area contributed by atoms with E-state index in [1.54, 1.807) is 7.11 Å². The molecular formula is C21H17ClN4OS. The summed E-state index contributed by atoms with van der Waals surface area (Å²) in [6.45, 7) is 0. The highest BCUT2D eigenvalue weighted by Crippen LogP contribution is 2.30. The Morgan fingerprint density at radius 2 is 1.79 bits per heavy atom. The van der Waals surface area contributed by atoms with E-state index in [1.807, 2.05) is 66.7 Å². The van der Waals surface area contributed by atoms with E-state index in [-0.39, 0.29) is 0 Å². The number of nitrogens with one attached hydrogen (secondary N) is 3. The van der Waals surface area contributed by atoms with E-state index in [0.29, 0.717) is 16.0 Å². The highest BCUT2D eigenvalue weighted by atomic mass is 35.5. The minimum atomic E-state index is 0.464. The highest BCUT2D eigenvalue weighted by Gasteiger charge is 2.10. The Balaban J connectivity index is 1.55. The molecule has 28 heavy (non-hydrogen) atoms. The molecular weight excluding hydrogens is 392 g/mol. The fourth-order valence-electron chi connectivity index (χ4n) is 2.86. The third-order valence-corrected chi connectivity index (χ3v) is 4.73. The SMILES string of the molecule is COc1cccc(NC(=S)Nc2ccc(Cl)c(-c3nc4ccccc4[nH]3)c2)c1. The lowest BCUT2D eigenvalue weighted by molar-refractivity contribution is 0.415. The first kappa shape index (κ1) is 18.3. The van der Waals surface area contributed by atoms with Gasteiger partial charge in [0.25, 0.3) is 0 Å². The van der Waals surface area contributed by atoms with Gasteiger partial charge >= 0.3 is 0 Å². The molecule has 0 saturated heterocycles. The predicted octanol–water partition coefficient (Wildman–Crippen LogP) is 5.70. The minimum Gasteiger partial charge on any atom is -0.497 e. The molecule has 1 aromatic heterocycles. The number of methoxy groups -OCH3 is 1. The van der Waals surface area contributed by atoms with E-state index in [1.165, 1.54) is 0 Å². The number of para-hydroxylation sites is 2. The molecule has 0 radical (unpaired) electrons. The van der Waals surface area contributed by atoms with Gasteiger partial charge in [-0.1, -0.05) is 29.8 Å². The Kier molecular flexibility index (Phi) is 5.14. The van der Waals surface area contributed by atoms with Gasteiger partial charge in [0, 0.05) is 23.0 Å². The van der Waals surface area contributed by atoms with Crippen LogP contribution in [0.4, 0.5) is 11.4 Å². The summed E-state index contributed by atoms with van der Waals surface area (Å²) < 4.78 is 5.23. The van der Waals surface area contributed by atoms with E-state index < -0.39 is 0 Å². The fourth-order valence-corrected chi connectivity index (χ4v) is 3.30. The average molecular weight is 409 g/mol. The molecule has 0 amide bonds. The molecule has 0 aliphatic carbocycles. The third kappa shape index (κ3) is 3.93. The predicted molar refractivity (Wildman–Crippen MR) is 119 cm³/mol. The number of halogens is 1. The molecule has 0 aliphatic rings. The number of benzene rings is 3. The number of ether oxygens (including phenoxy) is 1. The molecule has 0 fully saturated rings. The number of aromatic amines is 1. The molecule has 0 bridgehead atoms. The lowest BCUT2D eigenvalue weighted by atomic mass is 10.2. The maximum atomic E-state index is 6.41. The van der Waals surface area contributed by atoms with Gasteiger partial charge in [-0.05, 0) is 54.7 Å². The quantitative estimate of drug-likeness (QED) is 0.378. The molecule has 0 aliphatic heterocycles. The molecule has 0 atom stereocenters. The maximum Gasteiger partial charge on any atom is 0.175 e. The van der Waals surface area contributed by atoms with Gasteiger partial charge in [-0.2, -0.15) is 0 Å². The Labute approximate surface area is 172 Å². The normalized spacial score (nSPS) is 10.6. The number of thiocarbonyl (C=S) groups is 1. The summed E-state index contributed by atoms with van der Waals surface area (Å²) >= 11 is 11.8. The lowest BCUT2D eigenvalue weighted by Crippen LogP contribution is -2.19. The summed E-state index contributed by atoms with van der Waals surface area (Å²) in [6, 6.07) is 21.0. The van der Waals surface area contributed by atoms with Gasteiger partial charge in [0.2, 0.25) is 0 Å². The second kappa shape index (κ2) is 7.88. The average Bonchev–Trinajstić information content (AvgIpc) is 3.13. The number of anilines is 2. The molecule has 4 rings (SSSR count). The summed E-state index contributed by atoms with van der Waals surface area (Å²) in [6.07, 6.45) is 0. The molecule has 3 aromatic carbocycles. The molecule has 7 heteroatoms. The van der Waals surface area contributed by atoms with Crippen LogP contribution >= 0.6 is 23.8 Å². The monoisotopic (exact) mass is 408 g/mol. The van der Waals surface area contributed by atoms with Crippen molar-refractivity contribution in [3.8, 4) is 17.1 Å². The number of rotatable bonds is 4. The van der Waals surface area contributed by atoms with Crippen LogP contribution in [0.2, 0.25) is 5.02 Å². The van der Waals surface area contributed by atoms with E-state index in [0.717, 1.165) is 33.7 Å². The van der Waals surface area contributed by atoms with Crippen molar-refractivity contribution in [3.05, 3.63) is 71.8 Å². The van der Waals surface area contributed by atoms with Crippen LogP contribution < -0.4 is 15.4 Å². The van der Waals surface area contributed by atoms with E-state index in [4.69, 9.17) is 28.6 Å². The van der Waals surface area contributed by atoms with E-state index in [2.05, 4.69) is 20.6 Å². The van der Waals surface area contributed by atoms with Gasteiger partial charge in [-0.25, -0.2) is 4.98 Å². The van der Waals surface area contributed by atoms with Gasteiger partial charge in [0.05, 0.1) is 23.2 Å². The standard InChI is InChI=1S/C21H17ClN4OS/c1-27-15-6-4-5-13(11-15)23-21(28)24-14-9-10-17(22)16(12-14)20-25-18-7-2-3-8-19(18)26-20/h2-12H,1H3,(H,25,26)(H2,23,24,28). The van der Waals surface area contributed by atoms with Crippen LogP contribution in [0.15, 0.2) is 66.7 Å². The zero-order valence-corrected chi connectivity index (χ0v) is 16.6. The van der Waals surface area contributed by atoms with Crippen LogP contribution in [0.25, 0.3) is 22.4 Å². The van der Waals surface area contributed by atoms with Crippen LogP contribution in [0, 0.1) is 0 Å². The molecule has 5 nitrogen and oxygen atoms in total. The van der Waals surface area contributed by atoms with E-state index >= 15 is 0 Å². The summed E-state index contributed by atoms with van der Waals surface area (Å²) in [5.41, 5.74) is 4.29. The zero-order valence-electron chi connectivity index (χ0n) is 15.0. The molecule has 3 N–H and O–H groups in total. The first-order valence-electron chi connectivity index (χ1n) is 8.59. The van der Waals surface area contributed by atoms with Crippen molar-refractivity contribution in [1.82, 2.24) is 9.97 Å². The van der Waals surface area contributed by atoms with Crippen molar-refractivity contribution in [2.75, 3.05) is 17.7 Å². The number of hydrogen-bond donors (Lipinski definition) is 3. The number of hydrogen-bond acceptors (Lipinski definition) is 3. The summed E-state index contributed by atoms with van der Waals surface area (Å²) in [7, 11) is 1.63. The smallest absolute Gasteiger partial charge is 0.175 e. The molecule has 4 aromatic rings. The molecule has 1 heterocycles. The number of aromatic nitrogens is 2. The van der Waals surface area contributed by atoms with Crippen LogP contribution in [0.3, 0.4) is 0 Å². The van der Waals surface area contributed by atoms with Crippen molar-refractivity contribution < 1.29 is 4.74 Å². The van der Waals surface area contributed by atoms with Crippen LogP contribution in [0.1, 0.15) is 0 Å². The number of H-pyrrole nitrogens is 1. The van der Waals surface area contributed by atoms with Crippen molar-refractivity contribution in [3.63, 3.8) is 0 Å². The Morgan fingerprint density at radius 1 is 1.00 bits per heavy atom. The van der Waals surface area contributed by atoms with Crippen molar-refractivity contribution >= 4 is 51.3 Å². The van der Waals surface area contributed by atoms with Crippen molar-refractivity contribution in [1.29, 1.82) is 0 Å². The Morgan fingerprint density at radius 3 is 2.57 bits per heavy atom. The molecule has 0 saturated carbocycles. The third-order valence-electron chi connectivity index (χ3n) is 4.20. The van der Waals surface area contributed by atoms with Gasteiger partial charge in [-0.3, -0.25) is 0 Å². The molecule has 0 spiro atoms. The maximum absolute atomic E-state index is 6.41. The number of fused-ring (bicyclic) bond motifs is 1. The first-order valence-corrected chi connectivity index (χ1v) is 9.38. The first-order chi connectivity index (χ1) is 13.6. The Bertz CT molecular complexity index is 1130. The number of nitrogens with zero attached hydrogens (tertiary/aromatic N) is 1. The van der Waals surface area contributed by atoms with Gasteiger partial charge < -0.3 is 20.4 Å². The second-order valence-corrected chi connectivity index (χ2v) is 6.92. The van der Waals surface area contributed by atoms with Gasteiger partial charge in [-0.15, -0.1) is 0 Å². The summed E-state index contributed by atoms with van der Waals surface area (Å²) in [5.74, 6) is 1.47. The van der Waals surface area contributed by atoms with Crippen molar-refractivity contribution in [2.45, 2.75) is 0 Å². The fraction of sp³-hybridized carbons (Fsp3) is 0.0476. The van der Waals surface area contributed by atoms with Crippen LogP contribution in [-0.4, -0.2) is 22.2 Å². The highest BCUT2D eigenvalue weighted by molar-refractivity contribution is 7.80. The topological polar surface area (TPSA) is 62.0 Å². The molecule has 0 unspecified atom stereocenters. The lowest BCUT2D eigenvalue weighted by Gasteiger charge is -2.12. The zero-order chi connectivity index (χ0) is 19.5. The largest absolute Gasteiger partial charge is 0.497 e. The minimum absolute atomic E-state index is 0.464. The molecule has 140 valence electrons. The number of imidazole rings is 1. The van der Waals surface area contributed by atoms with Gasteiger partial charge in [0.1, 0.15) is 11.6 Å². The summed E-state index contributed by atoms with van der Waals surface area (Å²) in [4.78, 5) is 7.92. The van der Waals surface area contributed by atoms with Crippen LogP contribution in [-0.2, 0) is 0 Å². The second-order valence-electron chi connectivity index (χ2n) is 6.11. The van der Waals surface area contributed by atoms with Crippen LogP contribution in [0.5, 0.6) is 5.75 Å².